The Bertz CT molecular complexity index is 319. The van der Waals surface area contributed by atoms with Gasteiger partial charge in [0.15, 0.2) is 0 Å². The third-order valence-corrected chi connectivity index (χ3v) is 2.73. The molecule has 0 aliphatic carbocycles. The molecule has 0 aliphatic heterocycles. The molecular weight excluding hydrogens is 210 g/mol. The van der Waals surface area contributed by atoms with Gasteiger partial charge >= 0.3 is 0 Å². The second-order valence-corrected chi connectivity index (χ2v) is 4.91. The van der Waals surface area contributed by atoms with E-state index in [1.54, 1.807) is 0 Å². The number of carbonyl (C=O) groups excluding carboxylic acids is 1. The molecule has 1 aromatic rings. The van der Waals surface area contributed by atoms with E-state index in [1.165, 1.54) is 5.56 Å². The second-order valence-electron chi connectivity index (χ2n) is 4.91. The van der Waals surface area contributed by atoms with E-state index in [0.29, 0.717) is 24.7 Å². The zero-order valence-electron chi connectivity index (χ0n) is 10.9. The van der Waals surface area contributed by atoms with Crippen molar-refractivity contribution in [3.63, 3.8) is 0 Å². The molecule has 0 unspecified atom stereocenters. The van der Waals surface area contributed by atoms with Crippen LogP contribution in [0.1, 0.15) is 38.7 Å². The Balaban J connectivity index is 2.08. The van der Waals surface area contributed by atoms with Crippen molar-refractivity contribution in [3.05, 3.63) is 35.9 Å². The van der Waals surface area contributed by atoms with Gasteiger partial charge in [0, 0.05) is 13.0 Å². The molecule has 0 amide bonds. The van der Waals surface area contributed by atoms with Crippen molar-refractivity contribution < 1.29 is 4.79 Å². The summed E-state index contributed by atoms with van der Waals surface area (Å²) < 4.78 is 0. The Hall–Kier alpha value is -1.15. The lowest BCUT2D eigenvalue weighted by Crippen LogP contribution is -2.22. The highest BCUT2D eigenvalue weighted by Crippen LogP contribution is 2.06. The van der Waals surface area contributed by atoms with Crippen LogP contribution in [0, 0.1) is 5.92 Å². The fraction of sp³-hybridized carbons (Fsp3) is 0.533. The van der Waals surface area contributed by atoms with Gasteiger partial charge in [-0.2, -0.15) is 0 Å². The molecule has 94 valence electrons. The van der Waals surface area contributed by atoms with Crippen LogP contribution in [0.15, 0.2) is 30.3 Å². The maximum Gasteiger partial charge on any atom is 0.146 e. The summed E-state index contributed by atoms with van der Waals surface area (Å²) in [5.74, 6) is 1.02. The number of ketones is 1. The van der Waals surface area contributed by atoms with Crippen molar-refractivity contribution in [1.82, 2.24) is 5.32 Å². The molecule has 1 rings (SSSR count). The number of benzene rings is 1. The fourth-order valence-electron chi connectivity index (χ4n) is 1.74. The van der Waals surface area contributed by atoms with Gasteiger partial charge in [0.1, 0.15) is 5.78 Å². The first-order chi connectivity index (χ1) is 8.18. The van der Waals surface area contributed by atoms with Gasteiger partial charge in [0.05, 0.1) is 6.54 Å². The van der Waals surface area contributed by atoms with Crippen molar-refractivity contribution in [2.75, 3.05) is 6.54 Å². The maximum absolute atomic E-state index is 11.6. The zero-order chi connectivity index (χ0) is 12.5. The molecule has 1 N–H and O–H groups in total. The predicted molar refractivity (Wildman–Crippen MR) is 71.8 cm³/mol. The number of hydrogen-bond acceptors (Lipinski definition) is 2. The molecule has 0 saturated heterocycles. The molecule has 0 saturated carbocycles. The van der Waals surface area contributed by atoms with Crippen LogP contribution in [0.3, 0.4) is 0 Å². The quantitative estimate of drug-likeness (QED) is 0.747. The van der Waals surface area contributed by atoms with E-state index in [0.717, 1.165) is 19.4 Å². The highest BCUT2D eigenvalue weighted by Gasteiger charge is 2.02. The molecule has 2 heteroatoms. The molecule has 0 aromatic heterocycles. The van der Waals surface area contributed by atoms with Gasteiger partial charge in [0.2, 0.25) is 0 Å². The van der Waals surface area contributed by atoms with E-state index in [-0.39, 0.29) is 0 Å². The molecule has 2 nitrogen and oxygen atoms in total. The van der Waals surface area contributed by atoms with Gasteiger partial charge in [-0.3, -0.25) is 4.79 Å². The maximum atomic E-state index is 11.6. The van der Waals surface area contributed by atoms with Gasteiger partial charge in [-0.1, -0.05) is 50.6 Å². The average molecular weight is 233 g/mol. The minimum Gasteiger partial charge on any atom is -0.306 e. The largest absolute Gasteiger partial charge is 0.306 e. The molecule has 0 fully saturated rings. The van der Waals surface area contributed by atoms with Gasteiger partial charge in [-0.05, 0) is 17.9 Å². The monoisotopic (exact) mass is 233 g/mol. The van der Waals surface area contributed by atoms with E-state index in [1.807, 2.05) is 18.2 Å². The van der Waals surface area contributed by atoms with Gasteiger partial charge in [0.25, 0.3) is 0 Å². The molecule has 17 heavy (non-hydrogen) atoms. The van der Waals surface area contributed by atoms with Crippen LogP contribution >= 0.6 is 0 Å². The molecular formula is C15H23NO. The topological polar surface area (TPSA) is 29.1 Å². The lowest BCUT2D eigenvalue weighted by molar-refractivity contribution is -0.118. The second kappa shape index (κ2) is 8.02. The van der Waals surface area contributed by atoms with E-state index in [4.69, 9.17) is 0 Å². The first kappa shape index (κ1) is 13.9. The number of nitrogens with one attached hydrogen (secondary N) is 1. The number of Topliss-reactive ketones (excluding diaryl/α,β-unsaturated/α-hetero) is 1. The summed E-state index contributed by atoms with van der Waals surface area (Å²) >= 11 is 0. The standard InChI is InChI=1S/C15H23NO/c1-13(2)7-6-10-15(17)12-16-11-14-8-4-3-5-9-14/h3-5,8-9,13,16H,6-7,10-12H2,1-2H3. The van der Waals surface area contributed by atoms with E-state index in [9.17, 15) is 4.79 Å². The molecule has 0 aliphatic rings. The smallest absolute Gasteiger partial charge is 0.146 e. The third-order valence-electron chi connectivity index (χ3n) is 2.73. The Morgan fingerprint density at radius 1 is 1.24 bits per heavy atom. The van der Waals surface area contributed by atoms with Crippen molar-refractivity contribution in [1.29, 1.82) is 0 Å². The minimum atomic E-state index is 0.321. The van der Waals surface area contributed by atoms with E-state index in [2.05, 4.69) is 31.3 Å². The summed E-state index contributed by atoms with van der Waals surface area (Å²) in [4.78, 5) is 11.6. The number of rotatable bonds is 8. The van der Waals surface area contributed by atoms with E-state index < -0.39 is 0 Å². The molecule has 0 radical (unpaired) electrons. The Kier molecular flexibility index (Phi) is 6.56. The lowest BCUT2D eigenvalue weighted by Gasteiger charge is -2.05. The van der Waals surface area contributed by atoms with Crippen LogP contribution in [0.4, 0.5) is 0 Å². The fourth-order valence-corrected chi connectivity index (χ4v) is 1.74. The highest BCUT2D eigenvalue weighted by molar-refractivity contribution is 5.80. The highest BCUT2D eigenvalue weighted by atomic mass is 16.1. The Morgan fingerprint density at radius 2 is 1.94 bits per heavy atom. The molecule has 0 spiro atoms. The predicted octanol–water partition coefficient (Wildman–Crippen LogP) is 3.17. The molecule has 0 heterocycles. The van der Waals surface area contributed by atoms with Crippen molar-refractivity contribution in [2.24, 2.45) is 5.92 Å². The van der Waals surface area contributed by atoms with E-state index >= 15 is 0 Å². The molecule has 1 aromatic carbocycles. The molecule has 0 bridgehead atoms. The summed E-state index contributed by atoms with van der Waals surface area (Å²) in [6.07, 6.45) is 2.87. The summed E-state index contributed by atoms with van der Waals surface area (Å²) in [7, 11) is 0. The third kappa shape index (κ3) is 6.90. The summed E-state index contributed by atoms with van der Waals surface area (Å²) in [6.45, 7) is 5.65. The van der Waals surface area contributed by atoms with Crippen LogP contribution < -0.4 is 5.32 Å². The Labute approximate surface area is 104 Å². The van der Waals surface area contributed by atoms with Crippen molar-refractivity contribution in [2.45, 2.75) is 39.7 Å². The summed E-state index contributed by atoms with van der Waals surface area (Å²) in [5.41, 5.74) is 1.22. The van der Waals surface area contributed by atoms with Gasteiger partial charge < -0.3 is 5.32 Å². The normalized spacial score (nSPS) is 10.8. The number of carbonyl (C=O) groups is 1. The average Bonchev–Trinajstić information content (AvgIpc) is 2.30. The minimum absolute atomic E-state index is 0.321. The van der Waals surface area contributed by atoms with Gasteiger partial charge in [-0.25, -0.2) is 0 Å². The van der Waals surface area contributed by atoms with Crippen LogP contribution in [-0.4, -0.2) is 12.3 Å². The van der Waals surface area contributed by atoms with Crippen LogP contribution in [0.25, 0.3) is 0 Å². The van der Waals surface area contributed by atoms with Crippen molar-refractivity contribution >= 4 is 5.78 Å². The lowest BCUT2D eigenvalue weighted by atomic mass is 10.0. The first-order valence-corrected chi connectivity index (χ1v) is 6.45. The summed E-state index contributed by atoms with van der Waals surface area (Å²) in [6, 6.07) is 10.2. The number of hydrogen-bond donors (Lipinski definition) is 1. The Morgan fingerprint density at radius 3 is 2.59 bits per heavy atom. The zero-order valence-corrected chi connectivity index (χ0v) is 10.9. The van der Waals surface area contributed by atoms with Crippen LogP contribution in [0.2, 0.25) is 0 Å². The summed E-state index contributed by atoms with van der Waals surface area (Å²) in [5, 5.41) is 3.19. The SMILES string of the molecule is CC(C)CCCC(=O)CNCc1ccccc1. The first-order valence-electron chi connectivity index (χ1n) is 6.45. The van der Waals surface area contributed by atoms with Gasteiger partial charge in [-0.15, -0.1) is 0 Å². The van der Waals surface area contributed by atoms with Crippen molar-refractivity contribution in [3.8, 4) is 0 Å². The molecule has 0 atom stereocenters. The van der Waals surface area contributed by atoms with Crippen LogP contribution in [-0.2, 0) is 11.3 Å². The van der Waals surface area contributed by atoms with Crippen LogP contribution in [0.5, 0.6) is 0 Å².